The first-order chi connectivity index (χ1) is 10.9. The minimum absolute atomic E-state index is 0.0421. The SMILES string of the molecule is CC1CCN(C(=O)c2ccc3cc(Br)ccc3c2)CCS1(=O)=O. The molecule has 0 radical (unpaired) electrons. The third-order valence-electron chi connectivity index (χ3n) is 4.40. The molecule has 1 amide bonds. The molecule has 1 atom stereocenters. The monoisotopic (exact) mass is 395 g/mol. The summed E-state index contributed by atoms with van der Waals surface area (Å²) in [6, 6.07) is 11.5. The Hall–Kier alpha value is -1.40. The van der Waals surface area contributed by atoms with Gasteiger partial charge in [0, 0.05) is 23.1 Å². The van der Waals surface area contributed by atoms with Crippen molar-refractivity contribution in [2.24, 2.45) is 0 Å². The van der Waals surface area contributed by atoms with E-state index in [4.69, 9.17) is 0 Å². The molecule has 0 bridgehead atoms. The number of nitrogens with zero attached hydrogens (tertiary/aromatic N) is 1. The van der Waals surface area contributed by atoms with E-state index in [0.29, 0.717) is 18.5 Å². The predicted octanol–water partition coefficient (Wildman–Crippen LogP) is 3.25. The fourth-order valence-electron chi connectivity index (χ4n) is 2.80. The smallest absolute Gasteiger partial charge is 0.253 e. The Balaban J connectivity index is 1.87. The Morgan fingerprint density at radius 2 is 1.83 bits per heavy atom. The molecule has 6 heteroatoms. The van der Waals surface area contributed by atoms with Gasteiger partial charge in [-0.25, -0.2) is 8.42 Å². The molecule has 3 rings (SSSR count). The second kappa shape index (κ2) is 6.24. The molecule has 23 heavy (non-hydrogen) atoms. The average Bonchev–Trinajstić information content (AvgIpc) is 2.65. The first-order valence-electron chi connectivity index (χ1n) is 7.57. The number of sulfone groups is 1. The summed E-state index contributed by atoms with van der Waals surface area (Å²) in [6.07, 6.45) is 0.495. The minimum atomic E-state index is -3.09. The minimum Gasteiger partial charge on any atom is -0.338 e. The van der Waals surface area contributed by atoms with E-state index >= 15 is 0 Å². The Bertz CT molecular complexity index is 863. The van der Waals surface area contributed by atoms with Crippen LogP contribution in [0.15, 0.2) is 40.9 Å². The van der Waals surface area contributed by atoms with Gasteiger partial charge in [-0.1, -0.05) is 28.1 Å². The molecule has 2 aromatic carbocycles. The highest BCUT2D eigenvalue weighted by molar-refractivity contribution is 9.10. The Kier molecular flexibility index (Phi) is 4.47. The molecule has 0 aromatic heterocycles. The van der Waals surface area contributed by atoms with Crippen molar-refractivity contribution in [2.75, 3.05) is 18.8 Å². The van der Waals surface area contributed by atoms with E-state index in [0.717, 1.165) is 15.2 Å². The summed E-state index contributed by atoms with van der Waals surface area (Å²) >= 11 is 3.44. The van der Waals surface area contributed by atoms with Crippen LogP contribution in [0.2, 0.25) is 0 Å². The quantitative estimate of drug-likeness (QED) is 0.744. The molecule has 1 heterocycles. The van der Waals surface area contributed by atoms with Gasteiger partial charge in [-0.3, -0.25) is 4.79 Å². The summed E-state index contributed by atoms with van der Waals surface area (Å²) < 4.78 is 24.9. The summed E-state index contributed by atoms with van der Waals surface area (Å²) in [6.45, 7) is 2.47. The fourth-order valence-corrected chi connectivity index (χ4v) is 4.52. The normalized spacial score (nSPS) is 21.1. The van der Waals surface area contributed by atoms with Crippen LogP contribution in [0.25, 0.3) is 10.8 Å². The largest absolute Gasteiger partial charge is 0.338 e. The molecule has 1 fully saturated rings. The van der Waals surface area contributed by atoms with E-state index in [1.54, 1.807) is 17.9 Å². The van der Waals surface area contributed by atoms with Crippen LogP contribution in [-0.2, 0) is 9.84 Å². The molecule has 1 aliphatic rings. The zero-order valence-corrected chi connectivity index (χ0v) is 15.2. The van der Waals surface area contributed by atoms with Crippen LogP contribution in [0, 0.1) is 0 Å². The van der Waals surface area contributed by atoms with Crippen molar-refractivity contribution in [1.82, 2.24) is 4.90 Å². The number of hydrogen-bond donors (Lipinski definition) is 0. The van der Waals surface area contributed by atoms with Crippen LogP contribution in [0.5, 0.6) is 0 Å². The number of amides is 1. The van der Waals surface area contributed by atoms with Gasteiger partial charge in [0.15, 0.2) is 9.84 Å². The third-order valence-corrected chi connectivity index (χ3v) is 7.11. The lowest BCUT2D eigenvalue weighted by atomic mass is 10.1. The maximum atomic E-state index is 12.7. The van der Waals surface area contributed by atoms with Gasteiger partial charge >= 0.3 is 0 Å². The van der Waals surface area contributed by atoms with Gasteiger partial charge in [0.05, 0.1) is 11.0 Å². The van der Waals surface area contributed by atoms with Gasteiger partial charge in [0.25, 0.3) is 5.91 Å². The third kappa shape index (κ3) is 3.43. The molecule has 0 N–H and O–H groups in total. The van der Waals surface area contributed by atoms with Crippen LogP contribution >= 0.6 is 15.9 Å². The number of fused-ring (bicyclic) bond motifs is 1. The summed E-state index contributed by atoms with van der Waals surface area (Å²) in [5.41, 5.74) is 0.603. The van der Waals surface area contributed by atoms with Crippen molar-refractivity contribution in [3.8, 4) is 0 Å². The highest BCUT2D eigenvalue weighted by Crippen LogP contribution is 2.22. The summed E-state index contributed by atoms with van der Waals surface area (Å²) in [7, 11) is -3.09. The number of carbonyl (C=O) groups is 1. The molecule has 0 saturated carbocycles. The second-order valence-electron chi connectivity index (χ2n) is 5.96. The van der Waals surface area contributed by atoms with Crippen molar-refractivity contribution < 1.29 is 13.2 Å². The molecule has 2 aromatic rings. The average molecular weight is 396 g/mol. The van der Waals surface area contributed by atoms with E-state index in [2.05, 4.69) is 15.9 Å². The fraction of sp³-hybridized carbons (Fsp3) is 0.353. The first kappa shape index (κ1) is 16.5. The number of benzene rings is 2. The molecule has 0 spiro atoms. The lowest BCUT2D eigenvalue weighted by Crippen LogP contribution is -2.33. The van der Waals surface area contributed by atoms with Crippen LogP contribution < -0.4 is 0 Å². The van der Waals surface area contributed by atoms with Gasteiger partial charge < -0.3 is 4.90 Å². The number of halogens is 1. The van der Waals surface area contributed by atoms with E-state index < -0.39 is 9.84 Å². The number of hydrogen-bond acceptors (Lipinski definition) is 3. The highest BCUT2D eigenvalue weighted by Gasteiger charge is 2.28. The van der Waals surface area contributed by atoms with Crippen LogP contribution in [0.1, 0.15) is 23.7 Å². The van der Waals surface area contributed by atoms with Crippen LogP contribution in [-0.4, -0.2) is 43.3 Å². The van der Waals surface area contributed by atoms with E-state index in [1.165, 1.54) is 0 Å². The molecular formula is C17H18BrNO3S. The van der Waals surface area contributed by atoms with Crippen molar-refractivity contribution in [3.05, 3.63) is 46.4 Å². The Morgan fingerprint density at radius 1 is 1.13 bits per heavy atom. The number of rotatable bonds is 1. The Labute approximate surface area is 144 Å². The molecular weight excluding hydrogens is 378 g/mol. The van der Waals surface area contributed by atoms with Crippen LogP contribution in [0.3, 0.4) is 0 Å². The van der Waals surface area contributed by atoms with Gasteiger partial charge in [-0.05, 0) is 48.4 Å². The summed E-state index contributed by atoms with van der Waals surface area (Å²) in [4.78, 5) is 14.4. The lowest BCUT2D eigenvalue weighted by molar-refractivity contribution is 0.0767. The Morgan fingerprint density at radius 3 is 2.61 bits per heavy atom. The van der Waals surface area contributed by atoms with Crippen molar-refractivity contribution in [1.29, 1.82) is 0 Å². The molecule has 1 aliphatic heterocycles. The van der Waals surface area contributed by atoms with Gasteiger partial charge in [-0.2, -0.15) is 0 Å². The van der Waals surface area contributed by atoms with E-state index in [1.807, 2.05) is 30.3 Å². The first-order valence-corrected chi connectivity index (χ1v) is 10.1. The van der Waals surface area contributed by atoms with Crippen molar-refractivity contribution in [2.45, 2.75) is 18.6 Å². The zero-order valence-electron chi connectivity index (χ0n) is 12.8. The van der Waals surface area contributed by atoms with Gasteiger partial charge in [-0.15, -0.1) is 0 Å². The topological polar surface area (TPSA) is 54.5 Å². The predicted molar refractivity (Wildman–Crippen MR) is 95.4 cm³/mol. The van der Waals surface area contributed by atoms with Crippen molar-refractivity contribution in [3.63, 3.8) is 0 Å². The standard InChI is InChI=1S/C17H18BrNO3S/c1-12-6-7-19(8-9-23(12,21)22)17(20)15-3-2-14-11-16(18)5-4-13(14)10-15/h2-5,10-12H,6-9H2,1H3. The van der Waals surface area contributed by atoms with E-state index in [-0.39, 0.29) is 23.5 Å². The lowest BCUT2D eigenvalue weighted by Gasteiger charge is -2.20. The highest BCUT2D eigenvalue weighted by atomic mass is 79.9. The van der Waals surface area contributed by atoms with Gasteiger partial charge in [0.1, 0.15) is 0 Å². The number of carbonyl (C=O) groups excluding carboxylic acids is 1. The van der Waals surface area contributed by atoms with Crippen LogP contribution in [0.4, 0.5) is 0 Å². The van der Waals surface area contributed by atoms with E-state index in [9.17, 15) is 13.2 Å². The van der Waals surface area contributed by atoms with Crippen molar-refractivity contribution >= 4 is 42.4 Å². The molecule has 0 aliphatic carbocycles. The molecule has 1 unspecified atom stereocenters. The summed E-state index contributed by atoms with van der Waals surface area (Å²) in [5, 5.41) is 1.67. The molecule has 122 valence electrons. The maximum absolute atomic E-state index is 12.7. The second-order valence-corrected chi connectivity index (χ2v) is 9.42. The van der Waals surface area contributed by atoms with Gasteiger partial charge in [0.2, 0.25) is 0 Å². The molecule has 4 nitrogen and oxygen atoms in total. The maximum Gasteiger partial charge on any atom is 0.253 e. The zero-order chi connectivity index (χ0) is 16.6. The molecule has 1 saturated heterocycles. The summed E-state index contributed by atoms with van der Waals surface area (Å²) in [5.74, 6) is -0.0559.